The van der Waals surface area contributed by atoms with Crippen molar-refractivity contribution >= 4 is 17.8 Å². The topological polar surface area (TPSA) is 93.1 Å². The van der Waals surface area contributed by atoms with Crippen LogP contribution in [0.2, 0.25) is 0 Å². The maximum atomic E-state index is 11.8. The minimum absolute atomic E-state index is 0.374. The Hall–Kier alpha value is -1.47. The standard InChI is InChI=1S/C10H13NO6/c1-16-10(15)5(12)4-11-8(13)6-2-3-7(17-6)9(11)14/h5-7,12H,2-4H2,1H3. The smallest absolute Gasteiger partial charge is 0.336 e. The van der Waals surface area contributed by atoms with Crippen molar-refractivity contribution in [3.8, 4) is 0 Å². The number of likely N-dealkylation sites (tertiary alicyclic amines) is 1. The quantitative estimate of drug-likeness (QED) is 0.476. The molecule has 2 aliphatic heterocycles. The third-order valence-corrected chi connectivity index (χ3v) is 2.93. The summed E-state index contributed by atoms with van der Waals surface area (Å²) in [6, 6.07) is 0. The summed E-state index contributed by atoms with van der Waals surface area (Å²) < 4.78 is 9.51. The summed E-state index contributed by atoms with van der Waals surface area (Å²) in [5.74, 6) is -1.86. The number of carbonyl (C=O) groups is 3. The first-order valence-electron chi connectivity index (χ1n) is 5.31. The van der Waals surface area contributed by atoms with Crippen molar-refractivity contribution < 1.29 is 29.0 Å². The van der Waals surface area contributed by atoms with Crippen molar-refractivity contribution in [2.75, 3.05) is 13.7 Å². The Morgan fingerprint density at radius 1 is 1.47 bits per heavy atom. The van der Waals surface area contributed by atoms with Gasteiger partial charge in [-0.1, -0.05) is 0 Å². The number of methoxy groups -OCH3 is 1. The van der Waals surface area contributed by atoms with Gasteiger partial charge in [-0.05, 0) is 12.8 Å². The third kappa shape index (κ3) is 2.03. The molecule has 2 rings (SSSR count). The molecule has 2 aliphatic rings. The summed E-state index contributed by atoms with van der Waals surface area (Å²) in [5.41, 5.74) is 0. The molecule has 0 radical (unpaired) electrons. The molecule has 94 valence electrons. The Bertz CT molecular complexity index is 346. The average Bonchev–Trinajstić information content (AvgIpc) is 2.78. The molecule has 3 atom stereocenters. The van der Waals surface area contributed by atoms with E-state index in [2.05, 4.69) is 4.74 Å². The second kappa shape index (κ2) is 4.42. The number of imide groups is 1. The van der Waals surface area contributed by atoms with Gasteiger partial charge in [0.05, 0.1) is 13.7 Å². The summed E-state index contributed by atoms with van der Waals surface area (Å²) in [6.45, 7) is -0.374. The molecule has 0 aromatic rings. The van der Waals surface area contributed by atoms with E-state index < -0.39 is 36.1 Å². The Kier molecular flexibility index (Phi) is 3.12. The monoisotopic (exact) mass is 243 g/mol. The first-order chi connectivity index (χ1) is 8.04. The van der Waals surface area contributed by atoms with E-state index >= 15 is 0 Å². The molecule has 7 heteroatoms. The molecule has 2 saturated heterocycles. The van der Waals surface area contributed by atoms with Crippen molar-refractivity contribution in [1.29, 1.82) is 0 Å². The Balaban J connectivity index is 2.07. The highest BCUT2D eigenvalue weighted by molar-refractivity contribution is 6.02. The Morgan fingerprint density at radius 3 is 2.47 bits per heavy atom. The van der Waals surface area contributed by atoms with E-state index in [0.717, 1.165) is 12.0 Å². The lowest BCUT2D eigenvalue weighted by Crippen LogP contribution is -2.54. The molecule has 0 saturated carbocycles. The van der Waals surface area contributed by atoms with Crippen LogP contribution < -0.4 is 0 Å². The molecule has 2 bridgehead atoms. The molecule has 0 aliphatic carbocycles. The number of aliphatic hydroxyl groups is 1. The van der Waals surface area contributed by atoms with Gasteiger partial charge >= 0.3 is 5.97 Å². The third-order valence-electron chi connectivity index (χ3n) is 2.93. The van der Waals surface area contributed by atoms with Gasteiger partial charge < -0.3 is 14.6 Å². The number of amides is 2. The van der Waals surface area contributed by atoms with E-state index in [9.17, 15) is 19.5 Å². The zero-order valence-corrected chi connectivity index (χ0v) is 9.29. The summed E-state index contributed by atoms with van der Waals surface area (Å²) in [4.78, 5) is 35.4. The van der Waals surface area contributed by atoms with Crippen LogP contribution in [-0.4, -0.2) is 59.8 Å². The average molecular weight is 243 g/mol. The fourth-order valence-corrected chi connectivity index (χ4v) is 2.02. The molecule has 0 spiro atoms. The van der Waals surface area contributed by atoms with Crippen molar-refractivity contribution in [3.63, 3.8) is 0 Å². The zero-order chi connectivity index (χ0) is 12.6. The van der Waals surface area contributed by atoms with Crippen LogP contribution in [0.25, 0.3) is 0 Å². The number of nitrogens with zero attached hydrogens (tertiary/aromatic N) is 1. The minimum atomic E-state index is -1.51. The van der Waals surface area contributed by atoms with Crippen LogP contribution in [0.3, 0.4) is 0 Å². The van der Waals surface area contributed by atoms with Gasteiger partial charge in [-0.2, -0.15) is 0 Å². The predicted octanol–water partition coefficient (Wildman–Crippen LogP) is -1.56. The largest absolute Gasteiger partial charge is 0.467 e. The van der Waals surface area contributed by atoms with Crippen LogP contribution in [0.4, 0.5) is 0 Å². The van der Waals surface area contributed by atoms with E-state index in [-0.39, 0.29) is 6.54 Å². The summed E-state index contributed by atoms with van der Waals surface area (Å²) in [6.07, 6.45) is -1.75. The van der Waals surface area contributed by atoms with Crippen molar-refractivity contribution in [2.45, 2.75) is 31.2 Å². The maximum Gasteiger partial charge on any atom is 0.336 e. The van der Waals surface area contributed by atoms with Gasteiger partial charge in [-0.25, -0.2) is 4.79 Å². The number of hydrogen-bond acceptors (Lipinski definition) is 6. The van der Waals surface area contributed by atoms with E-state index in [1.165, 1.54) is 0 Å². The van der Waals surface area contributed by atoms with Crippen LogP contribution >= 0.6 is 0 Å². The first-order valence-corrected chi connectivity index (χ1v) is 5.31. The van der Waals surface area contributed by atoms with Crippen LogP contribution in [0.1, 0.15) is 12.8 Å². The van der Waals surface area contributed by atoms with E-state index in [4.69, 9.17) is 4.74 Å². The summed E-state index contributed by atoms with van der Waals surface area (Å²) in [7, 11) is 1.12. The molecule has 17 heavy (non-hydrogen) atoms. The molecular formula is C10H13NO6. The van der Waals surface area contributed by atoms with Gasteiger partial charge in [-0.15, -0.1) is 0 Å². The number of ether oxygens (including phenoxy) is 2. The zero-order valence-electron chi connectivity index (χ0n) is 9.29. The number of esters is 1. The fraction of sp³-hybridized carbons (Fsp3) is 0.700. The molecule has 0 aromatic carbocycles. The molecule has 2 amide bonds. The van der Waals surface area contributed by atoms with Gasteiger partial charge in [-0.3, -0.25) is 14.5 Å². The lowest BCUT2D eigenvalue weighted by Gasteiger charge is -2.30. The number of hydrogen-bond donors (Lipinski definition) is 1. The Labute approximate surface area is 97.3 Å². The van der Waals surface area contributed by atoms with E-state index in [1.54, 1.807) is 0 Å². The molecule has 2 heterocycles. The SMILES string of the molecule is COC(=O)C(O)CN1C(=O)C2CCC(O2)C1=O. The van der Waals surface area contributed by atoms with Crippen LogP contribution in [0.5, 0.6) is 0 Å². The number of fused-ring (bicyclic) bond motifs is 2. The Morgan fingerprint density at radius 2 is 2.00 bits per heavy atom. The lowest BCUT2D eigenvalue weighted by atomic mass is 10.2. The van der Waals surface area contributed by atoms with Crippen LogP contribution in [0, 0.1) is 0 Å². The van der Waals surface area contributed by atoms with Crippen molar-refractivity contribution in [3.05, 3.63) is 0 Å². The van der Waals surface area contributed by atoms with Gasteiger partial charge in [0.1, 0.15) is 12.2 Å². The van der Waals surface area contributed by atoms with Crippen molar-refractivity contribution in [2.24, 2.45) is 0 Å². The van der Waals surface area contributed by atoms with E-state index in [1.807, 2.05) is 0 Å². The van der Waals surface area contributed by atoms with Gasteiger partial charge in [0.2, 0.25) is 0 Å². The maximum absolute atomic E-state index is 11.8. The predicted molar refractivity (Wildman–Crippen MR) is 52.6 cm³/mol. The molecule has 1 N–H and O–H groups in total. The second-order valence-corrected chi connectivity index (χ2v) is 4.02. The molecule has 2 fully saturated rings. The first kappa shape index (κ1) is 12.0. The highest BCUT2D eigenvalue weighted by Crippen LogP contribution is 2.28. The van der Waals surface area contributed by atoms with Crippen LogP contribution in [0.15, 0.2) is 0 Å². The highest BCUT2D eigenvalue weighted by atomic mass is 16.5. The number of aliphatic hydroxyl groups excluding tert-OH is 1. The van der Waals surface area contributed by atoms with Crippen LogP contribution in [-0.2, 0) is 23.9 Å². The number of carbonyl (C=O) groups excluding carboxylic acids is 3. The number of morpholine rings is 1. The number of β-amino-alcohol motifs (C(OH)–C–C–N with tert-alkyl or cyclic N) is 1. The normalized spacial score (nSPS) is 29.4. The fourth-order valence-electron chi connectivity index (χ4n) is 2.02. The van der Waals surface area contributed by atoms with Gasteiger partial charge in [0, 0.05) is 0 Å². The molecular weight excluding hydrogens is 230 g/mol. The lowest BCUT2D eigenvalue weighted by molar-refractivity contribution is -0.171. The number of rotatable bonds is 3. The minimum Gasteiger partial charge on any atom is -0.467 e. The highest BCUT2D eigenvalue weighted by Gasteiger charge is 2.47. The van der Waals surface area contributed by atoms with Gasteiger partial charge in [0.25, 0.3) is 11.8 Å². The second-order valence-electron chi connectivity index (χ2n) is 4.02. The van der Waals surface area contributed by atoms with Crippen molar-refractivity contribution in [1.82, 2.24) is 4.90 Å². The summed E-state index contributed by atoms with van der Waals surface area (Å²) >= 11 is 0. The van der Waals surface area contributed by atoms with Gasteiger partial charge in [0.15, 0.2) is 6.10 Å². The molecule has 0 aromatic heterocycles. The molecule has 3 unspecified atom stereocenters. The van der Waals surface area contributed by atoms with E-state index in [0.29, 0.717) is 12.8 Å². The summed E-state index contributed by atoms with van der Waals surface area (Å²) in [5, 5.41) is 9.44. The molecule has 7 nitrogen and oxygen atoms in total.